The highest BCUT2D eigenvalue weighted by Crippen LogP contribution is 2.21. The average Bonchev–Trinajstić information content (AvgIpc) is 2.00. The third kappa shape index (κ3) is 7.44. The van der Waals surface area contributed by atoms with Crippen molar-refractivity contribution in [2.45, 2.75) is 38.9 Å². The maximum absolute atomic E-state index is 11.8. The Hall–Kier alpha value is 0.0400. The van der Waals surface area contributed by atoms with Crippen LogP contribution >= 0.6 is 11.6 Å². The number of rotatable bonds is 6. The number of alkyl halides is 4. The van der Waals surface area contributed by atoms with Gasteiger partial charge >= 0.3 is 6.18 Å². The normalized spacial score (nSPS) is 12.9. The van der Waals surface area contributed by atoms with Crippen LogP contribution in [0.1, 0.15) is 26.7 Å². The van der Waals surface area contributed by atoms with Gasteiger partial charge in [-0.1, -0.05) is 0 Å². The van der Waals surface area contributed by atoms with Gasteiger partial charge in [0.2, 0.25) is 0 Å². The minimum atomic E-state index is -4.04. The predicted octanol–water partition coefficient (Wildman–Crippen LogP) is 3.28. The van der Waals surface area contributed by atoms with Gasteiger partial charge in [-0.25, -0.2) is 0 Å². The van der Waals surface area contributed by atoms with Crippen LogP contribution in [0.15, 0.2) is 0 Å². The molecule has 0 atom stereocenters. The number of halogens is 4. The molecule has 0 aliphatic carbocycles. The second-order valence-corrected chi connectivity index (χ2v) is 3.92. The molecule has 0 aromatic heterocycles. The molecule has 1 nitrogen and oxygen atoms in total. The highest BCUT2D eigenvalue weighted by atomic mass is 35.5. The zero-order valence-electron chi connectivity index (χ0n) is 8.57. The Morgan fingerprint density at radius 3 is 2.14 bits per heavy atom. The lowest BCUT2D eigenvalue weighted by Crippen LogP contribution is -2.34. The molecular weight excluding hydrogens is 215 g/mol. The van der Waals surface area contributed by atoms with Crippen LogP contribution in [0.3, 0.4) is 0 Å². The molecule has 14 heavy (non-hydrogen) atoms. The quantitative estimate of drug-likeness (QED) is 0.634. The van der Waals surface area contributed by atoms with Crippen LogP contribution in [-0.4, -0.2) is 36.1 Å². The second kappa shape index (κ2) is 6.51. The standard InChI is InChI=1S/C9H17ClF3N/c1-8(2)14(7-5-10)6-3-4-9(11,12)13/h8H,3-7H2,1-2H3. The van der Waals surface area contributed by atoms with Gasteiger partial charge < -0.3 is 0 Å². The Kier molecular flexibility index (Phi) is 6.53. The molecule has 0 heterocycles. The molecule has 0 saturated carbocycles. The summed E-state index contributed by atoms with van der Waals surface area (Å²) in [5.74, 6) is 0.462. The van der Waals surface area contributed by atoms with E-state index in [1.54, 1.807) is 0 Å². The van der Waals surface area contributed by atoms with E-state index < -0.39 is 12.6 Å². The van der Waals surface area contributed by atoms with Crippen LogP contribution < -0.4 is 0 Å². The molecule has 0 N–H and O–H groups in total. The van der Waals surface area contributed by atoms with Crippen LogP contribution in [0, 0.1) is 0 Å². The second-order valence-electron chi connectivity index (χ2n) is 3.54. The Bertz CT molecular complexity index is 147. The molecule has 0 aliphatic rings. The average molecular weight is 232 g/mol. The Morgan fingerprint density at radius 2 is 1.79 bits per heavy atom. The van der Waals surface area contributed by atoms with Gasteiger partial charge in [-0.2, -0.15) is 13.2 Å². The number of nitrogens with zero attached hydrogens (tertiary/aromatic N) is 1. The number of hydrogen-bond acceptors (Lipinski definition) is 1. The Morgan fingerprint density at radius 1 is 1.21 bits per heavy atom. The van der Waals surface area contributed by atoms with Crippen LogP contribution in [0.2, 0.25) is 0 Å². The monoisotopic (exact) mass is 231 g/mol. The van der Waals surface area contributed by atoms with Crippen molar-refractivity contribution in [2.24, 2.45) is 0 Å². The van der Waals surface area contributed by atoms with E-state index >= 15 is 0 Å². The molecule has 0 amide bonds. The first kappa shape index (κ1) is 14.0. The lowest BCUT2D eigenvalue weighted by molar-refractivity contribution is -0.136. The maximum atomic E-state index is 11.8. The molecule has 0 fully saturated rings. The fraction of sp³-hybridized carbons (Fsp3) is 1.00. The highest BCUT2D eigenvalue weighted by molar-refractivity contribution is 6.18. The summed E-state index contributed by atoms with van der Waals surface area (Å²) in [6.45, 7) is 5.03. The van der Waals surface area contributed by atoms with Gasteiger partial charge in [0.05, 0.1) is 0 Å². The summed E-state index contributed by atoms with van der Waals surface area (Å²) in [7, 11) is 0. The first-order valence-corrected chi connectivity index (χ1v) is 5.27. The van der Waals surface area contributed by atoms with Crippen molar-refractivity contribution in [1.82, 2.24) is 4.90 Å². The third-order valence-corrected chi connectivity index (χ3v) is 2.18. The van der Waals surface area contributed by atoms with Gasteiger partial charge in [-0.3, -0.25) is 4.90 Å². The zero-order chi connectivity index (χ0) is 11.2. The van der Waals surface area contributed by atoms with E-state index in [1.807, 2.05) is 18.7 Å². The SMILES string of the molecule is CC(C)N(CCCl)CCCC(F)(F)F. The van der Waals surface area contributed by atoms with Gasteiger partial charge in [0.15, 0.2) is 0 Å². The van der Waals surface area contributed by atoms with Crippen LogP contribution in [0.25, 0.3) is 0 Å². The molecule has 0 rings (SSSR count). The van der Waals surface area contributed by atoms with Gasteiger partial charge in [-0.15, -0.1) is 11.6 Å². The van der Waals surface area contributed by atoms with Crippen molar-refractivity contribution in [3.8, 4) is 0 Å². The summed E-state index contributed by atoms with van der Waals surface area (Å²) in [5, 5.41) is 0. The van der Waals surface area contributed by atoms with E-state index in [-0.39, 0.29) is 12.5 Å². The fourth-order valence-electron chi connectivity index (χ4n) is 1.22. The molecule has 0 aromatic carbocycles. The van der Waals surface area contributed by atoms with Crippen LogP contribution in [0.4, 0.5) is 13.2 Å². The summed E-state index contributed by atoms with van der Waals surface area (Å²) in [6, 6.07) is 0.252. The molecule has 0 aromatic rings. The Balaban J connectivity index is 3.72. The topological polar surface area (TPSA) is 3.24 Å². The van der Waals surface area contributed by atoms with Crippen molar-refractivity contribution >= 4 is 11.6 Å². The van der Waals surface area contributed by atoms with Gasteiger partial charge in [0.25, 0.3) is 0 Å². The molecule has 0 unspecified atom stereocenters. The molecule has 0 spiro atoms. The van der Waals surface area contributed by atoms with Crippen molar-refractivity contribution < 1.29 is 13.2 Å². The third-order valence-electron chi connectivity index (χ3n) is 2.01. The van der Waals surface area contributed by atoms with Crippen LogP contribution in [-0.2, 0) is 0 Å². The summed E-state index contributed by atoms with van der Waals surface area (Å²) >= 11 is 5.55. The van der Waals surface area contributed by atoms with Crippen molar-refractivity contribution in [2.75, 3.05) is 19.0 Å². The van der Waals surface area contributed by atoms with E-state index in [4.69, 9.17) is 11.6 Å². The maximum Gasteiger partial charge on any atom is 0.389 e. The Labute approximate surface area is 88.2 Å². The van der Waals surface area contributed by atoms with Crippen molar-refractivity contribution in [3.63, 3.8) is 0 Å². The minimum Gasteiger partial charge on any atom is -0.300 e. The molecule has 0 aliphatic heterocycles. The van der Waals surface area contributed by atoms with E-state index in [9.17, 15) is 13.2 Å². The first-order chi connectivity index (χ1) is 6.37. The minimum absolute atomic E-state index is 0.151. The largest absolute Gasteiger partial charge is 0.389 e. The van der Waals surface area contributed by atoms with E-state index in [2.05, 4.69) is 0 Å². The summed E-state index contributed by atoms with van der Waals surface area (Å²) in [6.07, 6.45) is -4.60. The summed E-state index contributed by atoms with van der Waals surface area (Å²) < 4.78 is 35.5. The molecule has 86 valence electrons. The smallest absolute Gasteiger partial charge is 0.300 e. The lowest BCUT2D eigenvalue weighted by Gasteiger charge is -2.25. The molecule has 0 bridgehead atoms. The summed E-state index contributed by atoms with van der Waals surface area (Å²) in [5.41, 5.74) is 0. The van der Waals surface area contributed by atoms with Crippen LogP contribution in [0.5, 0.6) is 0 Å². The fourth-order valence-corrected chi connectivity index (χ4v) is 1.44. The predicted molar refractivity (Wildman–Crippen MR) is 52.7 cm³/mol. The van der Waals surface area contributed by atoms with Gasteiger partial charge in [0, 0.05) is 24.9 Å². The van der Waals surface area contributed by atoms with E-state index in [0.29, 0.717) is 19.0 Å². The lowest BCUT2D eigenvalue weighted by atomic mass is 10.2. The van der Waals surface area contributed by atoms with Crippen molar-refractivity contribution in [3.05, 3.63) is 0 Å². The molecule has 0 radical (unpaired) electrons. The molecule has 5 heteroatoms. The van der Waals surface area contributed by atoms with Gasteiger partial charge in [-0.05, 0) is 26.8 Å². The summed E-state index contributed by atoms with van der Waals surface area (Å²) in [4.78, 5) is 1.96. The highest BCUT2D eigenvalue weighted by Gasteiger charge is 2.26. The molecular formula is C9H17ClF3N. The van der Waals surface area contributed by atoms with E-state index in [1.165, 1.54) is 0 Å². The van der Waals surface area contributed by atoms with E-state index in [0.717, 1.165) is 0 Å². The number of hydrogen-bond donors (Lipinski definition) is 0. The first-order valence-electron chi connectivity index (χ1n) is 4.73. The zero-order valence-corrected chi connectivity index (χ0v) is 9.33. The van der Waals surface area contributed by atoms with Crippen molar-refractivity contribution in [1.29, 1.82) is 0 Å². The molecule has 0 saturated heterocycles. The van der Waals surface area contributed by atoms with Gasteiger partial charge in [0.1, 0.15) is 0 Å².